The van der Waals surface area contributed by atoms with E-state index in [2.05, 4.69) is 4.98 Å². The molecule has 1 aromatic heterocycles. The first-order valence-electron chi connectivity index (χ1n) is 5.21. The van der Waals surface area contributed by atoms with Gasteiger partial charge in [-0.05, 0) is 19.1 Å². The molecule has 2 unspecified atom stereocenters. The molecule has 0 aliphatic rings. The number of aliphatic hydroxyl groups excluding tert-OH is 3. The van der Waals surface area contributed by atoms with Gasteiger partial charge in [-0.25, -0.2) is 9.78 Å². The van der Waals surface area contributed by atoms with Crippen LogP contribution in [0.1, 0.15) is 29.2 Å². The Labute approximate surface area is 98.5 Å². The molecule has 3 N–H and O–H groups in total. The van der Waals surface area contributed by atoms with Gasteiger partial charge in [0.2, 0.25) is 0 Å². The number of hydrogen-bond donors (Lipinski definition) is 3. The van der Waals surface area contributed by atoms with Crippen molar-refractivity contribution in [1.82, 2.24) is 4.98 Å². The van der Waals surface area contributed by atoms with E-state index in [0.29, 0.717) is 0 Å². The molecule has 0 bridgehead atoms. The highest BCUT2D eigenvalue weighted by atomic mass is 16.5. The van der Waals surface area contributed by atoms with E-state index in [1.807, 2.05) is 0 Å². The van der Waals surface area contributed by atoms with Gasteiger partial charge in [0.05, 0.1) is 18.9 Å². The molecule has 0 aliphatic carbocycles. The second-order valence-electron chi connectivity index (χ2n) is 3.36. The molecule has 0 saturated carbocycles. The molecular weight excluding hydrogens is 226 g/mol. The molecule has 2 atom stereocenters. The van der Waals surface area contributed by atoms with Crippen LogP contribution in [0, 0.1) is 0 Å². The van der Waals surface area contributed by atoms with Crippen LogP contribution in [0.5, 0.6) is 0 Å². The van der Waals surface area contributed by atoms with Crippen molar-refractivity contribution in [3.63, 3.8) is 0 Å². The average Bonchev–Trinajstić information content (AvgIpc) is 2.37. The molecule has 0 fully saturated rings. The second kappa shape index (κ2) is 6.29. The van der Waals surface area contributed by atoms with E-state index >= 15 is 0 Å². The van der Waals surface area contributed by atoms with Crippen molar-refractivity contribution in [3.8, 4) is 0 Å². The van der Waals surface area contributed by atoms with Gasteiger partial charge in [0, 0.05) is 0 Å². The number of ether oxygens (including phenoxy) is 1. The molecule has 6 nitrogen and oxygen atoms in total. The minimum absolute atomic E-state index is 0.0496. The minimum Gasteiger partial charge on any atom is -0.461 e. The molecule has 1 rings (SSSR count). The third kappa shape index (κ3) is 3.48. The highest BCUT2D eigenvalue weighted by Gasteiger charge is 2.20. The van der Waals surface area contributed by atoms with Crippen molar-refractivity contribution < 1.29 is 24.9 Å². The Morgan fingerprint density at radius 2 is 2.18 bits per heavy atom. The average molecular weight is 241 g/mol. The summed E-state index contributed by atoms with van der Waals surface area (Å²) >= 11 is 0. The summed E-state index contributed by atoms with van der Waals surface area (Å²) in [6.07, 6.45) is -2.67. The number of nitrogens with zero attached hydrogens (tertiary/aromatic N) is 1. The lowest BCUT2D eigenvalue weighted by Crippen LogP contribution is -2.23. The molecule has 0 saturated heterocycles. The summed E-state index contributed by atoms with van der Waals surface area (Å²) in [6, 6.07) is 4.41. The van der Waals surface area contributed by atoms with Gasteiger partial charge in [-0.1, -0.05) is 6.07 Å². The van der Waals surface area contributed by atoms with Crippen LogP contribution in [0.25, 0.3) is 0 Å². The van der Waals surface area contributed by atoms with Gasteiger partial charge in [0.25, 0.3) is 0 Å². The Kier molecular flexibility index (Phi) is 5.02. The van der Waals surface area contributed by atoms with Crippen LogP contribution in [0.3, 0.4) is 0 Å². The van der Waals surface area contributed by atoms with Crippen LogP contribution in [0.15, 0.2) is 18.2 Å². The highest BCUT2D eigenvalue weighted by Crippen LogP contribution is 2.15. The van der Waals surface area contributed by atoms with Crippen LogP contribution in [0.4, 0.5) is 0 Å². The molecule has 0 aliphatic heterocycles. The van der Waals surface area contributed by atoms with E-state index in [4.69, 9.17) is 9.84 Å². The number of aromatic nitrogens is 1. The van der Waals surface area contributed by atoms with E-state index in [1.165, 1.54) is 18.2 Å². The molecule has 17 heavy (non-hydrogen) atoms. The van der Waals surface area contributed by atoms with Crippen molar-refractivity contribution in [2.24, 2.45) is 0 Å². The number of carbonyl (C=O) groups is 1. The lowest BCUT2D eigenvalue weighted by molar-refractivity contribution is -0.0174. The third-order valence-corrected chi connectivity index (χ3v) is 2.11. The number of pyridine rings is 1. The van der Waals surface area contributed by atoms with Crippen molar-refractivity contribution in [1.29, 1.82) is 0 Å². The largest absolute Gasteiger partial charge is 0.461 e. The molecule has 0 aromatic carbocycles. The number of esters is 1. The van der Waals surface area contributed by atoms with Crippen LogP contribution in [0.2, 0.25) is 0 Å². The number of aliphatic hydroxyl groups is 3. The zero-order valence-electron chi connectivity index (χ0n) is 9.41. The fraction of sp³-hybridized carbons (Fsp3) is 0.455. The predicted octanol–water partition coefficient (Wildman–Crippen LogP) is -0.355. The Morgan fingerprint density at radius 1 is 1.47 bits per heavy atom. The topological polar surface area (TPSA) is 99.9 Å². The van der Waals surface area contributed by atoms with Crippen molar-refractivity contribution in [3.05, 3.63) is 29.6 Å². The van der Waals surface area contributed by atoms with E-state index < -0.39 is 24.8 Å². The number of rotatable bonds is 5. The summed E-state index contributed by atoms with van der Waals surface area (Å²) in [6.45, 7) is 1.31. The normalized spacial score (nSPS) is 14.1. The van der Waals surface area contributed by atoms with Gasteiger partial charge < -0.3 is 20.1 Å². The summed E-state index contributed by atoms with van der Waals surface area (Å²) in [5.41, 5.74) is 0.158. The third-order valence-electron chi connectivity index (χ3n) is 2.11. The molecule has 6 heteroatoms. The van der Waals surface area contributed by atoms with Gasteiger partial charge in [-0.15, -0.1) is 0 Å². The first kappa shape index (κ1) is 13.6. The first-order valence-corrected chi connectivity index (χ1v) is 5.21. The van der Waals surface area contributed by atoms with Crippen molar-refractivity contribution in [2.75, 3.05) is 13.2 Å². The fourth-order valence-corrected chi connectivity index (χ4v) is 1.23. The zero-order valence-corrected chi connectivity index (χ0v) is 9.41. The van der Waals surface area contributed by atoms with Crippen molar-refractivity contribution in [2.45, 2.75) is 19.1 Å². The number of carbonyl (C=O) groups excluding carboxylic acids is 1. The molecule has 0 radical (unpaired) electrons. The molecule has 0 amide bonds. The molecule has 0 spiro atoms. The van der Waals surface area contributed by atoms with Gasteiger partial charge in [-0.2, -0.15) is 0 Å². The second-order valence-corrected chi connectivity index (χ2v) is 3.36. The maximum Gasteiger partial charge on any atom is 0.356 e. The number of hydrogen-bond acceptors (Lipinski definition) is 6. The van der Waals surface area contributed by atoms with E-state index in [0.717, 1.165) is 0 Å². The maximum absolute atomic E-state index is 11.4. The van der Waals surface area contributed by atoms with Gasteiger partial charge in [0.1, 0.15) is 17.9 Å². The van der Waals surface area contributed by atoms with E-state index in [9.17, 15) is 15.0 Å². The summed E-state index contributed by atoms with van der Waals surface area (Å²) in [7, 11) is 0. The Morgan fingerprint density at radius 3 is 2.76 bits per heavy atom. The van der Waals surface area contributed by atoms with Crippen LogP contribution < -0.4 is 0 Å². The maximum atomic E-state index is 11.4. The fourth-order valence-electron chi connectivity index (χ4n) is 1.23. The predicted molar refractivity (Wildman–Crippen MR) is 58.2 cm³/mol. The minimum atomic E-state index is -1.34. The smallest absolute Gasteiger partial charge is 0.356 e. The lowest BCUT2D eigenvalue weighted by Gasteiger charge is -2.15. The Bertz CT molecular complexity index is 382. The monoisotopic (exact) mass is 241 g/mol. The highest BCUT2D eigenvalue weighted by molar-refractivity contribution is 5.87. The molecule has 1 aromatic rings. The van der Waals surface area contributed by atoms with E-state index in [1.54, 1.807) is 6.92 Å². The summed E-state index contributed by atoms with van der Waals surface area (Å²) in [5, 5.41) is 27.6. The lowest BCUT2D eigenvalue weighted by atomic mass is 10.1. The van der Waals surface area contributed by atoms with Crippen LogP contribution >= 0.6 is 0 Å². The standard InChI is InChI=1S/C11H15NO5/c1-2-17-11(16)8-5-3-4-7(12-8)10(15)9(14)6-13/h3-5,9-10,13-15H,2,6H2,1H3. The van der Waals surface area contributed by atoms with Crippen LogP contribution in [-0.2, 0) is 4.74 Å². The van der Waals surface area contributed by atoms with Gasteiger partial charge in [-0.3, -0.25) is 0 Å². The van der Waals surface area contributed by atoms with Crippen LogP contribution in [-0.4, -0.2) is 45.6 Å². The zero-order chi connectivity index (χ0) is 12.8. The summed E-state index contributed by atoms with van der Waals surface area (Å²) in [5.74, 6) is -0.597. The Balaban J connectivity index is 2.89. The van der Waals surface area contributed by atoms with Gasteiger partial charge in [0.15, 0.2) is 0 Å². The molecule has 1 heterocycles. The SMILES string of the molecule is CCOC(=O)c1cccc(C(O)C(O)CO)n1. The summed E-state index contributed by atoms with van der Waals surface area (Å²) in [4.78, 5) is 15.2. The molecule has 94 valence electrons. The van der Waals surface area contributed by atoms with E-state index in [-0.39, 0.29) is 18.0 Å². The van der Waals surface area contributed by atoms with Gasteiger partial charge >= 0.3 is 5.97 Å². The summed E-state index contributed by atoms with van der Waals surface area (Å²) < 4.78 is 4.75. The Hall–Kier alpha value is -1.50. The molecular formula is C11H15NO5. The van der Waals surface area contributed by atoms with Crippen molar-refractivity contribution >= 4 is 5.97 Å². The first-order chi connectivity index (χ1) is 8.10. The quantitative estimate of drug-likeness (QED) is 0.609.